The second kappa shape index (κ2) is 5.95. The zero-order valence-corrected chi connectivity index (χ0v) is 13.2. The molecule has 2 aromatic heterocycles. The summed E-state index contributed by atoms with van der Waals surface area (Å²) in [5, 5.41) is 5.52. The van der Waals surface area contributed by atoms with Crippen molar-refractivity contribution in [2.75, 3.05) is 7.05 Å². The minimum atomic E-state index is 0.334. The van der Waals surface area contributed by atoms with Crippen molar-refractivity contribution in [3.63, 3.8) is 0 Å². The zero-order valence-electron chi connectivity index (χ0n) is 10.8. The van der Waals surface area contributed by atoms with Crippen molar-refractivity contribution in [1.82, 2.24) is 10.3 Å². The van der Waals surface area contributed by atoms with Crippen molar-refractivity contribution in [2.24, 2.45) is 0 Å². The van der Waals surface area contributed by atoms with Crippen molar-refractivity contribution >= 4 is 27.3 Å². The molecule has 2 nitrogen and oxygen atoms in total. The highest BCUT2D eigenvalue weighted by Gasteiger charge is 2.13. The first-order valence-corrected chi connectivity index (χ1v) is 7.61. The lowest BCUT2D eigenvalue weighted by molar-refractivity contribution is 0.593. The molecule has 2 rings (SSSR count). The van der Waals surface area contributed by atoms with Gasteiger partial charge in [-0.3, -0.25) is 4.98 Å². The van der Waals surface area contributed by atoms with E-state index in [0.29, 0.717) is 6.04 Å². The van der Waals surface area contributed by atoms with Gasteiger partial charge in [0.05, 0.1) is 0 Å². The number of aryl methyl sites for hydroxylation is 2. The van der Waals surface area contributed by atoms with Crippen LogP contribution in [0.5, 0.6) is 0 Å². The Morgan fingerprint density at radius 1 is 1.33 bits per heavy atom. The standard InChI is InChI=1S/C14H17BrN2S/c1-9-6-11(7-10(2)17-9)13(16-3)8-14-12(15)4-5-18-14/h4-7,13,16H,8H2,1-3H3. The highest BCUT2D eigenvalue weighted by molar-refractivity contribution is 9.10. The van der Waals surface area contributed by atoms with Crippen LogP contribution in [0.1, 0.15) is 27.9 Å². The third kappa shape index (κ3) is 3.19. The van der Waals surface area contributed by atoms with Gasteiger partial charge in [-0.2, -0.15) is 0 Å². The van der Waals surface area contributed by atoms with E-state index in [0.717, 1.165) is 17.8 Å². The minimum Gasteiger partial charge on any atom is -0.313 e. The van der Waals surface area contributed by atoms with Crippen molar-refractivity contribution in [3.05, 3.63) is 49.9 Å². The molecule has 1 N–H and O–H groups in total. The molecule has 1 unspecified atom stereocenters. The number of hydrogen-bond acceptors (Lipinski definition) is 3. The first kappa shape index (κ1) is 13.7. The molecule has 18 heavy (non-hydrogen) atoms. The van der Waals surface area contributed by atoms with Gasteiger partial charge in [0.25, 0.3) is 0 Å². The third-order valence-corrected chi connectivity index (χ3v) is 4.88. The molecule has 0 radical (unpaired) electrons. The van der Waals surface area contributed by atoms with Crippen LogP contribution >= 0.6 is 27.3 Å². The summed E-state index contributed by atoms with van der Waals surface area (Å²) in [6.45, 7) is 4.09. The number of rotatable bonds is 4. The maximum absolute atomic E-state index is 4.43. The number of halogens is 1. The van der Waals surface area contributed by atoms with Crippen molar-refractivity contribution in [3.8, 4) is 0 Å². The highest BCUT2D eigenvalue weighted by atomic mass is 79.9. The van der Waals surface area contributed by atoms with Gasteiger partial charge >= 0.3 is 0 Å². The Bertz CT molecular complexity index is 516. The zero-order chi connectivity index (χ0) is 13.1. The number of hydrogen-bond donors (Lipinski definition) is 1. The van der Waals surface area contributed by atoms with Crippen molar-refractivity contribution < 1.29 is 0 Å². The van der Waals surface area contributed by atoms with Crippen molar-refractivity contribution in [1.29, 1.82) is 0 Å². The Kier molecular flexibility index (Phi) is 4.54. The van der Waals surface area contributed by atoms with Gasteiger partial charge in [0.1, 0.15) is 0 Å². The number of nitrogens with one attached hydrogen (secondary N) is 1. The van der Waals surface area contributed by atoms with Gasteiger partial charge in [-0.25, -0.2) is 0 Å². The monoisotopic (exact) mass is 324 g/mol. The molecule has 0 aliphatic rings. The first-order valence-electron chi connectivity index (χ1n) is 5.94. The molecular formula is C14H17BrN2S. The van der Waals surface area contributed by atoms with Gasteiger partial charge in [-0.1, -0.05) is 0 Å². The fraction of sp³-hybridized carbons (Fsp3) is 0.357. The van der Waals surface area contributed by atoms with E-state index in [4.69, 9.17) is 0 Å². The van der Waals surface area contributed by atoms with Crippen LogP contribution < -0.4 is 5.32 Å². The fourth-order valence-corrected chi connectivity index (χ4v) is 3.67. The Labute approximate surface area is 121 Å². The van der Waals surface area contributed by atoms with Crippen LogP contribution in [0.25, 0.3) is 0 Å². The second-order valence-electron chi connectivity index (χ2n) is 4.42. The molecule has 0 saturated carbocycles. The predicted octanol–water partition coefficient (Wildman–Crippen LogP) is 4.03. The molecule has 2 heterocycles. The van der Waals surface area contributed by atoms with Crippen LogP contribution in [0.15, 0.2) is 28.1 Å². The molecule has 0 spiro atoms. The summed E-state index contributed by atoms with van der Waals surface area (Å²) in [5.41, 5.74) is 3.47. The van der Waals surface area contributed by atoms with E-state index >= 15 is 0 Å². The fourth-order valence-electron chi connectivity index (χ4n) is 2.11. The van der Waals surface area contributed by atoms with Crippen LogP contribution in [-0.2, 0) is 6.42 Å². The van der Waals surface area contributed by atoms with Crippen LogP contribution in [0.2, 0.25) is 0 Å². The van der Waals surface area contributed by atoms with Gasteiger partial charge < -0.3 is 5.32 Å². The van der Waals surface area contributed by atoms with E-state index in [-0.39, 0.29) is 0 Å². The summed E-state index contributed by atoms with van der Waals surface area (Å²) in [7, 11) is 2.01. The largest absolute Gasteiger partial charge is 0.313 e. The molecule has 0 aromatic carbocycles. The lowest BCUT2D eigenvalue weighted by Gasteiger charge is -2.17. The van der Waals surface area contributed by atoms with E-state index < -0.39 is 0 Å². The number of aromatic nitrogens is 1. The molecular weight excluding hydrogens is 308 g/mol. The number of thiophene rings is 1. The summed E-state index contributed by atoms with van der Waals surface area (Å²) in [6.07, 6.45) is 0.998. The third-order valence-electron chi connectivity index (χ3n) is 2.94. The van der Waals surface area contributed by atoms with Gasteiger partial charge in [0, 0.05) is 33.2 Å². The van der Waals surface area contributed by atoms with Gasteiger partial charge in [0.15, 0.2) is 0 Å². The lowest BCUT2D eigenvalue weighted by atomic mass is 10.0. The van der Waals surface area contributed by atoms with E-state index in [1.807, 2.05) is 20.9 Å². The second-order valence-corrected chi connectivity index (χ2v) is 6.28. The first-order chi connectivity index (χ1) is 8.60. The van der Waals surface area contributed by atoms with E-state index in [1.54, 1.807) is 11.3 Å². The minimum absolute atomic E-state index is 0.334. The molecule has 0 saturated heterocycles. The number of pyridine rings is 1. The molecule has 0 aliphatic heterocycles. The normalized spacial score (nSPS) is 12.7. The number of likely N-dealkylation sites (N-methyl/N-ethyl adjacent to an activating group) is 1. The molecule has 4 heteroatoms. The Morgan fingerprint density at radius 2 is 2.00 bits per heavy atom. The predicted molar refractivity (Wildman–Crippen MR) is 81.2 cm³/mol. The van der Waals surface area contributed by atoms with Crippen LogP contribution in [0.3, 0.4) is 0 Å². The Balaban J connectivity index is 2.25. The molecule has 0 amide bonds. The SMILES string of the molecule is CNC(Cc1sccc1Br)c1cc(C)nc(C)c1. The summed E-state index contributed by atoms with van der Waals surface area (Å²) in [5.74, 6) is 0. The Morgan fingerprint density at radius 3 is 2.50 bits per heavy atom. The summed E-state index contributed by atoms with van der Waals surface area (Å²) < 4.78 is 1.20. The molecule has 0 fully saturated rings. The van der Waals surface area contributed by atoms with Crippen molar-refractivity contribution in [2.45, 2.75) is 26.3 Å². The molecule has 1 atom stereocenters. The molecule has 96 valence electrons. The summed E-state index contributed by atoms with van der Waals surface area (Å²) in [6, 6.07) is 6.77. The van der Waals surface area contributed by atoms with Gasteiger partial charge in [-0.15, -0.1) is 11.3 Å². The lowest BCUT2D eigenvalue weighted by Crippen LogP contribution is -2.19. The Hall–Kier alpha value is -0.710. The van der Waals surface area contributed by atoms with Crippen LogP contribution in [-0.4, -0.2) is 12.0 Å². The van der Waals surface area contributed by atoms with Crippen LogP contribution in [0.4, 0.5) is 0 Å². The quantitative estimate of drug-likeness (QED) is 0.918. The van der Waals surface area contributed by atoms with E-state index in [2.05, 4.69) is 49.8 Å². The molecule has 2 aromatic rings. The smallest absolute Gasteiger partial charge is 0.0379 e. The summed E-state index contributed by atoms with van der Waals surface area (Å²) >= 11 is 5.39. The maximum Gasteiger partial charge on any atom is 0.0379 e. The maximum atomic E-state index is 4.43. The molecule has 0 bridgehead atoms. The average molecular weight is 325 g/mol. The summed E-state index contributed by atoms with van der Waals surface area (Å²) in [4.78, 5) is 5.81. The van der Waals surface area contributed by atoms with Crippen LogP contribution in [0, 0.1) is 13.8 Å². The average Bonchev–Trinajstić information content (AvgIpc) is 2.70. The van der Waals surface area contributed by atoms with E-state index in [9.17, 15) is 0 Å². The topological polar surface area (TPSA) is 24.9 Å². The highest BCUT2D eigenvalue weighted by Crippen LogP contribution is 2.28. The van der Waals surface area contributed by atoms with Gasteiger partial charge in [0.2, 0.25) is 0 Å². The van der Waals surface area contributed by atoms with Gasteiger partial charge in [-0.05, 0) is 66.0 Å². The molecule has 0 aliphatic carbocycles. The van der Waals surface area contributed by atoms with E-state index in [1.165, 1.54) is 14.9 Å². The number of nitrogens with zero attached hydrogens (tertiary/aromatic N) is 1.